The molecule has 102 valence electrons. The van der Waals surface area contributed by atoms with Crippen LogP contribution in [0.3, 0.4) is 0 Å². The molecule has 0 nitrogen and oxygen atoms in total. The zero-order valence-corrected chi connectivity index (χ0v) is 14.9. The Morgan fingerprint density at radius 2 is 0.842 bits per heavy atom. The van der Waals surface area contributed by atoms with E-state index in [4.69, 9.17) is 0 Å². The minimum atomic E-state index is -0.876. The van der Waals surface area contributed by atoms with Crippen molar-refractivity contribution in [1.29, 1.82) is 0 Å². The van der Waals surface area contributed by atoms with Gasteiger partial charge in [0.15, 0.2) is 0 Å². The molecule has 0 bridgehead atoms. The molecule has 2 radical (unpaired) electrons. The Morgan fingerprint density at radius 1 is 0.579 bits per heavy atom. The van der Waals surface area contributed by atoms with Gasteiger partial charge in [-0.3, -0.25) is 0 Å². The Morgan fingerprint density at radius 3 is 1.00 bits per heavy atom. The summed E-state index contributed by atoms with van der Waals surface area (Å²) in [6.07, 6.45) is 16.1. The third-order valence-electron chi connectivity index (χ3n) is 3.31. The molecule has 0 heterocycles. The minimum absolute atomic E-state index is 0.160. The van der Waals surface area contributed by atoms with Crippen LogP contribution in [-0.4, -0.2) is 21.1 Å². The predicted octanol–water partition coefficient (Wildman–Crippen LogP) is 5.68. The third-order valence-corrected chi connectivity index (χ3v) is 9.65. The molecule has 0 aliphatic carbocycles. The van der Waals surface area contributed by atoms with E-state index in [-0.39, 0.29) is 6.86 Å². The molecule has 0 aromatic heterocycles. The van der Waals surface area contributed by atoms with E-state index in [1.807, 2.05) is 24.3 Å². The number of rotatable bonds is 12. The summed E-state index contributed by atoms with van der Waals surface area (Å²) in [6, 6.07) is 0. The van der Waals surface area contributed by atoms with Crippen molar-refractivity contribution < 1.29 is 0 Å². The predicted molar refractivity (Wildman–Crippen MR) is 90.8 cm³/mol. The van der Waals surface area contributed by atoms with Crippen LogP contribution in [0.15, 0.2) is 75.9 Å². The van der Waals surface area contributed by atoms with Gasteiger partial charge in [-0.1, -0.05) is 0 Å². The first-order valence-corrected chi connectivity index (χ1v) is 9.43. The van der Waals surface area contributed by atoms with Gasteiger partial charge in [0.2, 0.25) is 0 Å². The zero-order valence-electron chi connectivity index (χ0n) is 12.0. The van der Waals surface area contributed by atoms with Gasteiger partial charge in [-0.25, -0.2) is 0 Å². The van der Waals surface area contributed by atoms with Crippen LogP contribution in [0.1, 0.15) is 25.7 Å². The average Bonchev–Trinajstić information content (AvgIpc) is 2.39. The van der Waals surface area contributed by atoms with Crippen LogP contribution in [0.25, 0.3) is 0 Å². The van der Waals surface area contributed by atoms with Gasteiger partial charge in [-0.2, -0.15) is 0 Å². The van der Waals surface area contributed by atoms with Crippen molar-refractivity contribution in [1.82, 2.24) is 0 Å². The molecule has 0 saturated heterocycles. The van der Waals surface area contributed by atoms with Gasteiger partial charge in [-0.15, -0.1) is 0 Å². The summed E-state index contributed by atoms with van der Waals surface area (Å²) < 4.78 is 0.320. The molecule has 0 atom stereocenters. The molecule has 0 aromatic rings. The summed E-state index contributed by atoms with van der Waals surface area (Å²) in [5.41, 5.74) is 0. The van der Waals surface area contributed by atoms with Crippen LogP contribution in [0.5, 0.6) is 0 Å². The van der Waals surface area contributed by atoms with E-state index in [0.717, 1.165) is 25.7 Å². The number of allylic oxidation sites excluding steroid dienone is 6. The van der Waals surface area contributed by atoms with E-state index in [9.17, 15) is 0 Å². The Hall–Kier alpha value is -0.761. The second kappa shape index (κ2) is 9.19. The molecule has 0 fully saturated rings. The fraction of sp³-hybridized carbons (Fsp3) is 0.333. The molecule has 0 aliphatic heterocycles. The van der Waals surface area contributed by atoms with Crippen LogP contribution in [0.2, 0.25) is 6.86 Å². The van der Waals surface area contributed by atoms with Crippen molar-refractivity contribution in [3.63, 3.8) is 0 Å². The standard InChI is InChI=1S/2C9H13.Sn/c2*1-4-7-9(6-3)8-5-2;/h2*4-6H,1-3,7-8H2;. The maximum absolute atomic E-state index is 4.07. The molecule has 0 amide bonds. The summed E-state index contributed by atoms with van der Waals surface area (Å²) in [4.78, 5) is 0. The second-order valence-electron chi connectivity index (χ2n) is 4.82. The van der Waals surface area contributed by atoms with E-state index in [0.29, 0.717) is 0 Å². The molecule has 0 N–H and O–H groups in total. The Balaban J connectivity index is 5.42. The molecule has 19 heavy (non-hydrogen) atoms. The summed E-state index contributed by atoms with van der Waals surface area (Å²) in [5, 5.41) is 0. The summed E-state index contributed by atoms with van der Waals surface area (Å²) in [7, 11) is 0. The number of hydrogen-bond acceptors (Lipinski definition) is 0. The van der Waals surface area contributed by atoms with Crippen LogP contribution < -0.4 is 0 Å². The van der Waals surface area contributed by atoms with Gasteiger partial charge in [0.25, 0.3) is 0 Å². The van der Waals surface area contributed by atoms with E-state index in [2.05, 4.69) is 51.6 Å². The van der Waals surface area contributed by atoms with Crippen LogP contribution in [0, 0.1) is 0 Å². The monoisotopic (exact) mass is 362 g/mol. The van der Waals surface area contributed by atoms with E-state index in [1.165, 1.54) is 0 Å². The molecule has 0 aliphatic rings. The fourth-order valence-corrected chi connectivity index (χ4v) is 8.56. The van der Waals surface area contributed by atoms with Crippen molar-refractivity contribution in [3.8, 4) is 0 Å². The molecule has 0 rings (SSSR count). The van der Waals surface area contributed by atoms with Crippen LogP contribution >= 0.6 is 0 Å². The van der Waals surface area contributed by atoms with Gasteiger partial charge in [0.05, 0.1) is 0 Å². The fourth-order valence-electron chi connectivity index (χ4n) is 2.33. The quantitative estimate of drug-likeness (QED) is 0.310. The molecule has 1 heteroatoms. The topological polar surface area (TPSA) is 0 Å². The maximum atomic E-state index is 4.07. The second-order valence-corrected chi connectivity index (χ2v) is 11.2. The van der Waals surface area contributed by atoms with Gasteiger partial charge < -0.3 is 0 Å². The van der Waals surface area contributed by atoms with Crippen molar-refractivity contribution in [2.45, 2.75) is 32.5 Å². The van der Waals surface area contributed by atoms with Gasteiger partial charge in [0, 0.05) is 0 Å². The van der Waals surface area contributed by atoms with E-state index < -0.39 is 21.1 Å². The SMILES string of the molecule is C=CC[C](C=C)(CC=C)[Sn][C](C=C)(CC=C)CC=C. The normalized spacial score (nSPS) is 11.4. The van der Waals surface area contributed by atoms with E-state index >= 15 is 0 Å². The molecule has 0 spiro atoms. The first-order valence-electron chi connectivity index (χ1n) is 6.57. The Kier molecular flexibility index (Phi) is 8.82. The van der Waals surface area contributed by atoms with Crippen LogP contribution in [0.4, 0.5) is 0 Å². The Bertz CT molecular complexity index is 295. The molecular formula is C18H26Sn. The zero-order chi connectivity index (χ0) is 14.8. The van der Waals surface area contributed by atoms with Gasteiger partial charge >= 0.3 is 130 Å². The first kappa shape index (κ1) is 18.2. The van der Waals surface area contributed by atoms with Crippen molar-refractivity contribution >= 4 is 21.1 Å². The van der Waals surface area contributed by atoms with Gasteiger partial charge in [0.1, 0.15) is 0 Å². The van der Waals surface area contributed by atoms with Crippen LogP contribution in [-0.2, 0) is 0 Å². The van der Waals surface area contributed by atoms with E-state index in [1.54, 1.807) is 0 Å². The first-order chi connectivity index (χ1) is 9.07. The third kappa shape index (κ3) is 5.40. The molecule has 0 unspecified atom stereocenters. The summed E-state index contributed by atoms with van der Waals surface area (Å²) >= 11 is -0.876. The summed E-state index contributed by atoms with van der Waals surface area (Å²) in [5.74, 6) is 0. The summed E-state index contributed by atoms with van der Waals surface area (Å²) in [6.45, 7) is 23.8. The average molecular weight is 361 g/mol. The number of hydrogen-bond donors (Lipinski definition) is 0. The van der Waals surface area contributed by atoms with Crippen molar-refractivity contribution in [2.75, 3.05) is 0 Å². The molecular weight excluding hydrogens is 335 g/mol. The van der Waals surface area contributed by atoms with Crippen molar-refractivity contribution in [3.05, 3.63) is 75.9 Å². The molecule has 0 saturated carbocycles. The van der Waals surface area contributed by atoms with Crippen molar-refractivity contribution in [2.24, 2.45) is 0 Å². The molecule has 0 aromatic carbocycles. The van der Waals surface area contributed by atoms with Gasteiger partial charge in [-0.05, 0) is 0 Å². The Labute approximate surface area is 129 Å².